The van der Waals surface area contributed by atoms with E-state index in [0.29, 0.717) is 12.5 Å². The summed E-state index contributed by atoms with van der Waals surface area (Å²) >= 11 is 1.77. The summed E-state index contributed by atoms with van der Waals surface area (Å²) in [6, 6.07) is 8.45. The second-order valence-electron chi connectivity index (χ2n) is 7.68. The van der Waals surface area contributed by atoms with Gasteiger partial charge in [-0.1, -0.05) is 18.2 Å². The zero-order valence-electron chi connectivity index (χ0n) is 15.3. The van der Waals surface area contributed by atoms with Crippen molar-refractivity contribution in [3.8, 4) is 0 Å². The van der Waals surface area contributed by atoms with Crippen LogP contribution >= 0.6 is 11.3 Å². The first-order valence-corrected chi connectivity index (χ1v) is 9.81. The summed E-state index contributed by atoms with van der Waals surface area (Å²) in [5.41, 5.74) is 0.840. The predicted octanol–water partition coefficient (Wildman–Crippen LogP) is 5.07. The normalized spacial score (nSPS) is 16.4. The molecule has 0 radical (unpaired) electrons. The molecule has 2 aromatic rings. The van der Waals surface area contributed by atoms with Gasteiger partial charge in [0, 0.05) is 24.4 Å². The van der Waals surface area contributed by atoms with Crippen molar-refractivity contribution < 1.29 is 14.3 Å². The number of ether oxygens (including phenoxy) is 2. The van der Waals surface area contributed by atoms with Crippen molar-refractivity contribution in [2.45, 2.75) is 45.8 Å². The lowest BCUT2D eigenvalue weighted by molar-refractivity contribution is 0.0106. The fraction of sp³-hybridized carbons (Fsp3) is 0.550. The second-order valence-corrected chi connectivity index (χ2v) is 8.59. The first kappa shape index (κ1) is 18.2. The van der Waals surface area contributed by atoms with E-state index in [-0.39, 0.29) is 6.09 Å². The summed E-state index contributed by atoms with van der Waals surface area (Å²) < 4.78 is 12.7. The highest BCUT2D eigenvalue weighted by atomic mass is 32.1. The van der Waals surface area contributed by atoms with Gasteiger partial charge in [0.2, 0.25) is 0 Å². The smallest absolute Gasteiger partial charge is 0.410 e. The van der Waals surface area contributed by atoms with Crippen LogP contribution in [0.4, 0.5) is 4.79 Å². The minimum absolute atomic E-state index is 0.198. The molecule has 1 saturated heterocycles. The SMILES string of the molecule is CC(C)(C)OC(=O)N1CCC(COCc2csc3ccccc23)CC1. The number of piperidine rings is 1. The summed E-state index contributed by atoms with van der Waals surface area (Å²) in [7, 11) is 0. The van der Waals surface area contributed by atoms with Crippen molar-refractivity contribution in [1.29, 1.82) is 0 Å². The molecule has 136 valence electrons. The minimum Gasteiger partial charge on any atom is -0.444 e. The van der Waals surface area contributed by atoms with Gasteiger partial charge in [-0.15, -0.1) is 11.3 Å². The molecule has 0 atom stereocenters. The van der Waals surface area contributed by atoms with Crippen LogP contribution in [0.15, 0.2) is 29.6 Å². The molecule has 1 aromatic carbocycles. The number of amides is 1. The summed E-state index contributed by atoms with van der Waals surface area (Å²) in [5, 5.41) is 3.49. The Morgan fingerprint density at radius 2 is 1.96 bits per heavy atom. The Balaban J connectivity index is 1.42. The maximum absolute atomic E-state index is 12.1. The third kappa shape index (κ3) is 4.95. The van der Waals surface area contributed by atoms with Crippen LogP contribution in [0.3, 0.4) is 0 Å². The Bertz CT molecular complexity index is 711. The largest absolute Gasteiger partial charge is 0.444 e. The number of fused-ring (bicyclic) bond motifs is 1. The van der Waals surface area contributed by atoms with Gasteiger partial charge in [0.05, 0.1) is 6.61 Å². The molecule has 1 amide bonds. The van der Waals surface area contributed by atoms with Crippen LogP contribution in [0.1, 0.15) is 39.2 Å². The Labute approximate surface area is 153 Å². The Morgan fingerprint density at radius 1 is 1.24 bits per heavy atom. The van der Waals surface area contributed by atoms with E-state index in [1.54, 1.807) is 11.3 Å². The van der Waals surface area contributed by atoms with Crippen molar-refractivity contribution >= 4 is 27.5 Å². The predicted molar refractivity (Wildman–Crippen MR) is 102 cm³/mol. The van der Waals surface area contributed by atoms with Crippen LogP contribution in [0.2, 0.25) is 0 Å². The molecule has 1 aromatic heterocycles. The number of nitrogens with zero attached hydrogens (tertiary/aromatic N) is 1. The molecule has 1 fully saturated rings. The van der Waals surface area contributed by atoms with E-state index in [1.807, 2.05) is 25.7 Å². The zero-order chi connectivity index (χ0) is 17.9. The Kier molecular flexibility index (Phi) is 5.64. The van der Waals surface area contributed by atoms with Crippen molar-refractivity contribution in [1.82, 2.24) is 4.90 Å². The van der Waals surface area contributed by atoms with E-state index in [0.717, 1.165) is 32.5 Å². The first-order chi connectivity index (χ1) is 11.9. The van der Waals surface area contributed by atoms with Gasteiger partial charge in [-0.3, -0.25) is 0 Å². The molecule has 5 heteroatoms. The average molecular weight is 362 g/mol. The van der Waals surface area contributed by atoms with Gasteiger partial charge in [0.25, 0.3) is 0 Å². The highest BCUT2D eigenvalue weighted by Crippen LogP contribution is 2.27. The number of thiophene rings is 1. The fourth-order valence-corrected chi connectivity index (χ4v) is 4.04. The van der Waals surface area contributed by atoms with Gasteiger partial charge in [-0.2, -0.15) is 0 Å². The lowest BCUT2D eigenvalue weighted by Crippen LogP contribution is -2.42. The second kappa shape index (κ2) is 7.75. The maximum atomic E-state index is 12.1. The number of likely N-dealkylation sites (tertiary alicyclic amines) is 1. The molecule has 0 bridgehead atoms. The summed E-state index contributed by atoms with van der Waals surface area (Å²) in [6.07, 6.45) is 1.75. The van der Waals surface area contributed by atoms with Crippen LogP contribution < -0.4 is 0 Å². The third-order valence-corrected chi connectivity index (χ3v) is 5.45. The van der Waals surface area contributed by atoms with E-state index in [4.69, 9.17) is 9.47 Å². The molecule has 3 rings (SSSR count). The number of benzene rings is 1. The number of rotatable bonds is 4. The van der Waals surface area contributed by atoms with Gasteiger partial charge in [0.15, 0.2) is 0 Å². The standard InChI is InChI=1S/C20H27NO3S/c1-20(2,3)24-19(22)21-10-8-15(9-11-21)12-23-13-16-14-25-18-7-5-4-6-17(16)18/h4-7,14-15H,8-13H2,1-3H3. The van der Waals surface area contributed by atoms with E-state index in [1.165, 1.54) is 15.6 Å². The highest BCUT2D eigenvalue weighted by Gasteiger charge is 2.26. The zero-order valence-corrected chi connectivity index (χ0v) is 16.1. The molecule has 2 heterocycles. The molecular weight excluding hydrogens is 334 g/mol. The van der Waals surface area contributed by atoms with E-state index in [9.17, 15) is 4.79 Å². The number of hydrogen-bond acceptors (Lipinski definition) is 4. The van der Waals surface area contributed by atoms with Gasteiger partial charge >= 0.3 is 6.09 Å². The van der Waals surface area contributed by atoms with Crippen LogP contribution in [0, 0.1) is 5.92 Å². The number of carbonyl (C=O) groups is 1. The van der Waals surface area contributed by atoms with Crippen LogP contribution in [0.25, 0.3) is 10.1 Å². The van der Waals surface area contributed by atoms with Gasteiger partial charge in [0.1, 0.15) is 5.60 Å². The third-order valence-electron chi connectivity index (χ3n) is 4.44. The average Bonchev–Trinajstić information content (AvgIpc) is 2.97. The molecule has 0 spiro atoms. The quantitative estimate of drug-likeness (QED) is 0.763. The molecule has 4 nitrogen and oxygen atoms in total. The van der Waals surface area contributed by atoms with Crippen LogP contribution in [0.5, 0.6) is 0 Å². The first-order valence-electron chi connectivity index (χ1n) is 8.93. The highest BCUT2D eigenvalue weighted by molar-refractivity contribution is 7.17. The monoisotopic (exact) mass is 361 g/mol. The number of hydrogen-bond donors (Lipinski definition) is 0. The molecule has 0 N–H and O–H groups in total. The van der Waals surface area contributed by atoms with Gasteiger partial charge < -0.3 is 14.4 Å². The molecule has 0 saturated carbocycles. The lowest BCUT2D eigenvalue weighted by atomic mass is 9.98. The molecular formula is C20H27NO3S. The summed E-state index contributed by atoms with van der Waals surface area (Å²) in [4.78, 5) is 13.9. The van der Waals surface area contributed by atoms with Crippen molar-refractivity contribution in [2.75, 3.05) is 19.7 Å². The molecule has 1 aliphatic rings. The van der Waals surface area contributed by atoms with Gasteiger partial charge in [-0.05, 0) is 61.9 Å². The van der Waals surface area contributed by atoms with E-state index in [2.05, 4.69) is 29.6 Å². The van der Waals surface area contributed by atoms with Crippen molar-refractivity contribution in [3.05, 3.63) is 35.2 Å². The van der Waals surface area contributed by atoms with Crippen molar-refractivity contribution in [2.24, 2.45) is 5.92 Å². The van der Waals surface area contributed by atoms with Crippen LogP contribution in [-0.2, 0) is 16.1 Å². The van der Waals surface area contributed by atoms with Crippen molar-refractivity contribution in [3.63, 3.8) is 0 Å². The van der Waals surface area contributed by atoms with Crippen LogP contribution in [-0.4, -0.2) is 36.3 Å². The minimum atomic E-state index is -0.430. The van der Waals surface area contributed by atoms with E-state index >= 15 is 0 Å². The fourth-order valence-electron chi connectivity index (χ4n) is 3.09. The molecule has 25 heavy (non-hydrogen) atoms. The topological polar surface area (TPSA) is 38.8 Å². The molecule has 1 aliphatic heterocycles. The molecule has 0 unspecified atom stereocenters. The van der Waals surface area contributed by atoms with E-state index < -0.39 is 5.60 Å². The van der Waals surface area contributed by atoms with Gasteiger partial charge in [-0.25, -0.2) is 4.79 Å². The Hall–Kier alpha value is -1.59. The Morgan fingerprint density at radius 3 is 2.68 bits per heavy atom. The number of carbonyl (C=O) groups excluding carboxylic acids is 1. The lowest BCUT2D eigenvalue weighted by Gasteiger charge is -2.33. The summed E-state index contributed by atoms with van der Waals surface area (Å²) in [6.45, 7) is 8.64. The molecule has 0 aliphatic carbocycles. The summed E-state index contributed by atoms with van der Waals surface area (Å²) in [5.74, 6) is 0.517. The maximum Gasteiger partial charge on any atom is 0.410 e.